The van der Waals surface area contributed by atoms with Gasteiger partial charge in [-0.3, -0.25) is 4.79 Å². The molecular weight excluding hydrogens is 468 g/mol. The number of hydrogen-bond acceptors (Lipinski definition) is 5. The summed E-state index contributed by atoms with van der Waals surface area (Å²) >= 11 is 3.45. The third-order valence-electron chi connectivity index (χ3n) is 5.62. The minimum Gasteiger partial charge on any atom is -0.490 e. The molecule has 0 radical (unpaired) electrons. The van der Waals surface area contributed by atoms with Gasteiger partial charge >= 0.3 is 0 Å². The van der Waals surface area contributed by atoms with Gasteiger partial charge < -0.3 is 9.64 Å². The molecule has 0 saturated heterocycles. The van der Waals surface area contributed by atoms with E-state index in [9.17, 15) is 4.79 Å². The van der Waals surface area contributed by atoms with Gasteiger partial charge in [0.05, 0.1) is 23.2 Å². The Morgan fingerprint density at radius 3 is 2.56 bits per heavy atom. The first kappa shape index (κ1) is 24.0. The number of benzene rings is 2. The topological polar surface area (TPSA) is 59.7 Å². The quantitative estimate of drug-likeness (QED) is 0.368. The Kier molecular flexibility index (Phi) is 7.72. The Morgan fingerprint density at radius 2 is 1.91 bits per heavy atom. The van der Waals surface area contributed by atoms with Gasteiger partial charge in [-0.25, -0.2) is 4.98 Å². The molecule has 0 aliphatic heterocycles. The molecule has 0 aliphatic carbocycles. The van der Waals surface area contributed by atoms with Crippen LogP contribution >= 0.6 is 15.9 Å². The molecule has 3 aromatic rings. The van der Waals surface area contributed by atoms with Crippen molar-refractivity contribution in [3.05, 3.63) is 62.6 Å². The van der Waals surface area contributed by atoms with Gasteiger partial charge in [0.15, 0.2) is 0 Å². The molecule has 1 heterocycles. The van der Waals surface area contributed by atoms with Gasteiger partial charge in [-0.1, -0.05) is 36.7 Å². The molecule has 6 nitrogen and oxygen atoms in total. The van der Waals surface area contributed by atoms with Crippen LogP contribution < -0.4 is 15.2 Å². The zero-order valence-electron chi connectivity index (χ0n) is 19.6. The molecule has 0 bridgehead atoms. The number of ether oxygens (including phenoxy) is 1. The van der Waals surface area contributed by atoms with Crippen molar-refractivity contribution in [2.45, 2.75) is 52.6 Å². The maximum Gasteiger partial charge on any atom is 0.282 e. The number of fused-ring (bicyclic) bond motifs is 1. The largest absolute Gasteiger partial charge is 0.490 e. The summed E-state index contributed by atoms with van der Waals surface area (Å²) in [7, 11) is 3.99. The van der Waals surface area contributed by atoms with Crippen molar-refractivity contribution < 1.29 is 4.74 Å². The molecule has 0 saturated carbocycles. The van der Waals surface area contributed by atoms with E-state index >= 15 is 0 Å². The average molecular weight is 499 g/mol. The highest BCUT2D eigenvalue weighted by Crippen LogP contribution is 2.26. The number of rotatable bonds is 8. The summed E-state index contributed by atoms with van der Waals surface area (Å²) in [6.07, 6.45) is 3.50. The van der Waals surface area contributed by atoms with Crippen LogP contribution in [0.5, 0.6) is 5.75 Å². The Morgan fingerprint density at radius 1 is 1.16 bits per heavy atom. The van der Waals surface area contributed by atoms with Crippen LogP contribution in [0.3, 0.4) is 0 Å². The monoisotopic (exact) mass is 498 g/mol. The molecule has 0 fully saturated rings. The van der Waals surface area contributed by atoms with Gasteiger partial charge in [0.25, 0.3) is 5.56 Å². The van der Waals surface area contributed by atoms with Crippen LogP contribution in [-0.4, -0.2) is 36.1 Å². The third-order valence-corrected chi connectivity index (χ3v) is 6.11. The zero-order valence-corrected chi connectivity index (χ0v) is 21.2. The van der Waals surface area contributed by atoms with Gasteiger partial charge in [-0.15, -0.1) is 0 Å². The lowest BCUT2D eigenvalue weighted by Gasteiger charge is -2.19. The van der Waals surface area contributed by atoms with Crippen LogP contribution in [0.2, 0.25) is 0 Å². The van der Waals surface area contributed by atoms with E-state index in [1.807, 2.05) is 56.3 Å². The Bertz CT molecular complexity index is 1190. The molecular formula is C25H31BrN4O2. The van der Waals surface area contributed by atoms with E-state index in [0.29, 0.717) is 16.7 Å². The number of aromatic nitrogens is 2. The summed E-state index contributed by atoms with van der Waals surface area (Å²) in [5.41, 5.74) is 2.34. The first-order valence-corrected chi connectivity index (χ1v) is 11.8. The molecule has 0 amide bonds. The maximum absolute atomic E-state index is 13.3. The minimum atomic E-state index is -0.183. The van der Waals surface area contributed by atoms with Crippen molar-refractivity contribution in [3.63, 3.8) is 0 Å². The average Bonchev–Trinajstić information content (AvgIpc) is 2.78. The molecule has 2 atom stereocenters. The standard InChI is InChI=1S/C25H31BrN4O2/c1-7-16(3)24-28-22-12-10-19(26)13-21(22)25(31)30(24)27-15-18-9-11-20(29(5)6)14-23(18)32-17(4)8-2/h9-17H,7-8H2,1-6H3/t16-,17-/m0/s1. The Labute approximate surface area is 198 Å². The predicted octanol–water partition coefficient (Wildman–Crippen LogP) is 5.80. The SMILES string of the molecule is CC[C@H](C)Oc1cc(N(C)C)ccc1C=Nn1c([C@@H](C)CC)nc2ccc(Br)cc2c1=O. The fourth-order valence-corrected chi connectivity index (χ4v) is 3.57. The van der Waals surface area contributed by atoms with Crippen LogP contribution in [-0.2, 0) is 0 Å². The molecule has 2 aromatic carbocycles. The third kappa shape index (κ3) is 5.21. The van der Waals surface area contributed by atoms with Gasteiger partial charge in [-0.05, 0) is 50.1 Å². The van der Waals surface area contributed by atoms with Crippen molar-refractivity contribution in [1.29, 1.82) is 0 Å². The van der Waals surface area contributed by atoms with Gasteiger partial charge in [0, 0.05) is 41.8 Å². The first-order valence-electron chi connectivity index (χ1n) is 11.0. The lowest BCUT2D eigenvalue weighted by atomic mass is 10.1. The molecule has 3 rings (SSSR count). The summed E-state index contributed by atoms with van der Waals surface area (Å²) in [6, 6.07) is 11.5. The van der Waals surface area contributed by atoms with Gasteiger partial charge in [0.1, 0.15) is 11.6 Å². The molecule has 32 heavy (non-hydrogen) atoms. The molecule has 0 N–H and O–H groups in total. The van der Waals surface area contributed by atoms with Gasteiger partial charge in [0.2, 0.25) is 0 Å². The molecule has 0 unspecified atom stereocenters. The fraction of sp³-hybridized carbons (Fsp3) is 0.400. The van der Waals surface area contributed by atoms with E-state index in [4.69, 9.17) is 9.72 Å². The van der Waals surface area contributed by atoms with E-state index < -0.39 is 0 Å². The number of hydrogen-bond donors (Lipinski definition) is 0. The second kappa shape index (κ2) is 10.3. The van der Waals surface area contributed by atoms with Crippen LogP contribution in [0.15, 0.2) is 50.8 Å². The van der Waals surface area contributed by atoms with Crippen molar-refractivity contribution in [3.8, 4) is 5.75 Å². The molecule has 1 aromatic heterocycles. The van der Waals surface area contributed by atoms with Crippen molar-refractivity contribution in [2.75, 3.05) is 19.0 Å². The van der Waals surface area contributed by atoms with E-state index in [2.05, 4.69) is 41.8 Å². The molecule has 0 aliphatic rings. The summed E-state index contributed by atoms with van der Waals surface area (Å²) in [5.74, 6) is 1.47. The summed E-state index contributed by atoms with van der Waals surface area (Å²) in [6.45, 7) is 8.27. The Hall–Kier alpha value is -2.67. The summed E-state index contributed by atoms with van der Waals surface area (Å²) in [5, 5.41) is 5.13. The highest BCUT2D eigenvalue weighted by atomic mass is 79.9. The van der Waals surface area contributed by atoms with Crippen molar-refractivity contribution in [1.82, 2.24) is 9.66 Å². The van der Waals surface area contributed by atoms with Crippen LogP contribution in [0.1, 0.15) is 57.8 Å². The van der Waals surface area contributed by atoms with E-state index in [0.717, 1.165) is 34.3 Å². The van der Waals surface area contributed by atoms with E-state index in [-0.39, 0.29) is 17.6 Å². The lowest BCUT2D eigenvalue weighted by molar-refractivity contribution is 0.217. The second-order valence-corrected chi connectivity index (χ2v) is 9.17. The second-order valence-electron chi connectivity index (χ2n) is 8.26. The number of anilines is 1. The first-order chi connectivity index (χ1) is 15.2. The molecule has 170 valence electrons. The number of halogens is 1. The van der Waals surface area contributed by atoms with E-state index in [1.165, 1.54) is 4.68 Å². The fourth-order valence-electron chi connectivity index (χ4n) is 3.21. The predicted molar refractivity (Wildman–Crippen MR) is 137 cm³/mol. The van der Waals surface area contributed by atoms with Crippen molar-refractivity contribution in [2.24, 2.45) is 5.10 Å². The van der Waals surface area contributed by atoms with Crippen molar-refractivity contribution >= 4 is 38.7 Å². The molecule has 0 spiro atoms. The summed E-state index contributed by atoms with van der Waals surface area (Å²) in [4.78, 5) is 20.1. The zero-order chi connectivity index (χ0) is 23.4. The smallest absolute Gasteiger partial charge is 0.282 e. The normalized spacial score (nSPS) is 13.5. The number of nitrogens with zero attached hydrogens (tertiary/aromatic N) is 4. The Balaban J connectivity index is 2.15. The maximum atomic E-state index is 13.3. The van der Waals surface area contributed by atoms with Crippen LogP contribution in [0.4, 0.5) is 5.69 Å². The van der Waals surface area contributed by atoms with E-state index in [1.54, 1.807) is 12.3 Å². The summed E-state index contributed by atoms with van der Waals surface area (Å²) < 4.78 is 8.42. The minimum absolute atomic E-state index is 0.0673. The van der Waals surface area contributed by atoms with Gasteiger partial charge in [-0.2, -0.15) is 9.78 Å². The lowest BCUT2D eigenvalue weighted by Crippen LogP contribution is -2.23. The highest BCUT2D eigenvalue weighted by molar-refractivity contribution is 9.10. The molecule has 7 heteroatoms. The van der Waals surface area contributed by atoms with Crippen LogP contribution in [0, 0.1) is 0 Å². The van der Waals surface area contributed by atoms with Crippen LogP contribution in [0.25, 0.3) is 10.9 Å². The highest BCUT2D eigenvalue weighted by Gasteiger charge is 2.16.